The fraction of sp³-hybridized carbons (Fsp3) is 0.917. The maximum Gasteiger partial charge on any atom is 0.334 e. The summed E-state index contributed by atoms with van der Waals surface area (Å²) in [5.74, 6) is -0.0543. The highest BCUT2D eigenvalue weighted by Gasteiger charge is 2.27. The Bertz CT molecular complexity index is 216. The van der Waals surface area contributed by atoms with Gasteiger partial charge in [0.05, 0.1) is 0 Å². The highest BCUT2D eigenvalue weighted by molar-refractivity contribution is 5.72. The normalized spacial score (nSPS) is 17.7. The van der Waals surface area contributed by atoms with Crippen molar-refractivity contribution >= 4 is 5.97 Å². The molecule has 1 aliphatic rings. The monoisotopic (exact) mass is 229 g/mol. The molecular weight excluding hydrogens is 206 g/mol. The van der Waals surface area contributed by atoms with E-state index in [1.165, 1.54) is 12.8 Å². The molecular formula is C12H23NO3. The van der Waals surface area contributed by atoms with Crippen LogP contribution in [-0.4, -0.2) is 48.3 Å². The largest absolute Gasteiger partial charge is 0.479 e. The standard InChI is InChI=1S/C12H23NO3/c1-3-7-13(8-10-5-6-10)9-11(12(14)15)16-4-2/h10-11H,3-9H2,1-2H3,(H,14,15). The van der Waals surface area contributed by atoms with Crippen molar-refractivity contribution < 1.29 is 14.6 Å². The number of rotatable bonds is 9. The van der Waals surface area contributed by atoms with Crippen LogP contribution in [0.15, 0.2) is 0 Å². The quantitative estimate of drug-likeness (QED) is 0.652. The first-order valence-electron chi connectivity index (χ1n) is 6.24. The van der Waals surface area contributed by atoms with Crippen molar-refractivity contribution in [2.45, 2.75) is 39.2 Å². The molecule has 1 fully saturated rings. The van der Waals surface area contributed by atoms with E-state index in [-0.39, 0.29) is 0 Å². The summed E-state index contributed by atoms with van der Waals surface area (Å²) >= 11 is 0. The van der Waals surface area contributed by atoms with Gasteiger partial charge in [-0.05, 0) is 38.6 Å². The van der Waals surface area contributed by atoms with Gasteiger partial charge in [0.15, 0.2) is 6.10 Å². The van der Waals surface area contributed by atoms with Crippen LogP contribution in [0.1, 0.15) is 33.1 Å². The molecule has 1 aliphatic carbocycles. The molecule has 0 radical (unpaired) electrons. The summed E-state index contributed by atoms with van der Waals surface area (Å²) in [4.78, 5) is 13.2. The summed E-state index contributed by atoms with van der Waals surface area (Å²) in [7, 11) is 0. The number of carbonyl (C=O) groups is 1. The van der Waals surface area contributed by atoms with Gasteiger partial charge in [-0.1, -0.05) is 6.92 Å². The lowest BCUT2D eigenvalue weighted by atomic mass is 10.2. The third-order valence-corrected chi connectivity index (χ3v) is 2.82. The van der Waals surface area contributed by atoms with E-state index in [1.807, 2.05) is 6.92 Å². The van der Waals surface area contributed by atoms with E-state index in [9.17, 15) is 4.79 Å². The van der Waals surface area contributed by atoms with E-state index in [1.54, 1.807) is 0 Å². The van der Waals surface area contributed by atoms with Gasteiger partial charge in [0.25, 0.3) is 0 Å². The predicted molar refractivity (Wildman–Crippen MR) is 62.5 cm³/mol. The van der Waals surface area contributed by atoms with Crippen molar-refractivity contribution in [1.82, 2.24) is 4.90 Å². The lowest BCUT2D eigenvalue weighted by Crippen LogP contribution is -2.40. The highest BCUT2D eigenvalue weighted by atomic mass is 16.5. The Hall–Kier alpha value is -0.610. The fourth-order valence-corrected chi connectivity index (χ4v) is 1.88. The Kier molecular flexibility index (Phi) is 5.77. The molecule has 1 rings (SSSR count). The van der Waals surface area contributed by atoms with Crippen LogP contribution in [0.3, 0.4) is 0 Å². The second-order valence-electron chi connectivity index (χ2n) is 4.49. The van der Waals surface area contributed by atoms with E-state index >= 15 is 0 Å². The zero-order valence-electron chi connectivity index (χ0n) is 10.3. The molecule has 0 spiro atoms. The second-order valence-corrected chi connectivity index (χ2v) is 4.49. The van der Waals surface area contributed by atoms with Crippen molar-refractivity contribution in [1.29, 1.82) is 0 Å². The minimum absolute atomic E-state index is 0.459. The predicted octanol–water partition coefficient (Wildman–Crippen LogP) is 1.60. The van der Waals surface area contributed by atoms with E-state index in [4.69, 9.17) is 9.84 Å². The Morgan fingerprint density at radius 2 is 2.19 bits per heavy atom. The van der Waals surface area contributed by atoms with Crippen molar-refractivity contribution in [3.63, 3.8) is 0 Å². The molecule has 0 aromatic heterocycles. The third kappa shape index (κ3) is 4.94. The Morgan fingerprint density at radius 3 is 2.62 bits per heavy atom. The van der Waals surface area contributed by atoms with Crippen LogP contribution in [0.2, 0.25) is 0 Å². The first kappa shape index (κ1) is 13.5. The average Bonchev–Trinajstić information content (AvgIpc) is 3.01. The molecule has 0 amide bonds. The van der Waals surface area contributed by atoms with E-state index in [2.05, 4.69) is 11.8 Å². The molecule has 0 aromatic rings. The summed E-state index contributed by atoms with van der Waals surface area (Å²) in [5.41, 5.74) is 0. The number of nitrogens with zero attached hydrogens (tertiary/aromatic N) is 1. The lowest BCUT2D eigenvalue weighted by Gasteiger charge is -2.24. The van der Waals surface area contributed by atoms with Gasteiger partial charge in [-0.15, -0.1) is 0 Å². The molecule has 0 aliphatic heterocycles. The summed E-state index contributed by atoms with van der Waals surface area (Å²) in [6, 6.07) is 0. The van der Waals surface area contributed by atoms with Crippen molar-refractivity contribution in [3.05, 3.63) is 0 Å². The molecule has 1 saturated carbocycles. The molecule has 16 heavy (non-hydrogen) atoms. The Morgan fingerprint density at radius 1 is 1.50 bits per heavy atom. The molecule has 0 bridgehead atoms. The molecule has 4 heteroatoms. The van der Waals surface area contributed by atoms with Gasteiger partial charge in [-0.25, -0.2) is 4.79 Å². The molecule has 1 atom stereocenters. The molecule has 4 nitrogen and oxygen atoms in total. The number of carboxylic acid groups (broad SMARTS) is 1. The Labute approximate surface area is 97.6 Å². The zero-order chi connectivity index (χ0) is 12.0. The van der Waals surface area contributed by atoms with Gasteiger partial charge in [0.2, 0.25) is 0 Å². The minimum atomic E-state index is -0.848. The maximum atomic E-state index is 11.0. The van der Waals surface area contributed by atoms with Gasteiger partial charge in [0.1, 0.15) is 0 Å². The van der Waals surface area contributed by atoms with Crippen molar-refractivity contribution in [2.24, 2.45) is 5.92 Å². The summed E-state index contributed by atoms with van der Waals surface area (Å²) in [6.07, 6.45) is 2.99. The van der Waals surface area contributed by atoms with Crippen LogP contribution >= 0.6 is 0 Å². The van der Waals surface area contributed by atoms with Gasteiger partial charge >= 0.3 is 5.97 Å². The van der Waals surface area contributed by atoms with E-state index < -0.39 is 12.1 Å². The first-order chi connectivity index (χ1) is 7.67. The zero-order valence-corrected chi connectivity index (χ0v) is 10.3. The molecule has 0 aromatic carbocycles. The van der Waals surface area contributed by atoms with Crippen LogP contribution in [0.25, 0.3) is 0 Å². The smallest absolute Gasteiger partial charge is 0.334 e. The molecule has 0 heterocycles. The fourth-order valence-electron chi connectivity index (χ4n) is 1.88. The lowest BCUT2D eigenvalue weighted by molar-refractivity contribution is -0.151. The second kappa shape index (κ2) is 6.86. The number of aliphatic carboxylic acids is 1. The van der Waals surface area contributed by atoms with Gasteiger partial charge in [-0.2, -0.15) is 0 Å². The van der Waals surface area contributed by atoms with Gasteiger partial charge < -0.3 is 9.84 Å². The maximum absolute atomic E-state index is 11.0. The minimum Gasteiger partial charge on any atom is -0.479 e. The molecule has 1 unspecified atom stereocenters. The van der Waals surface area contributed by atoms with Crippen molar-refractivity contribution in [3.8, 4) is 0 Å². The van der Waals surface area contributed by atoms with Crippen molar-refractivity contribution in [2.75, 3.05) is 26.2 Å². The Balaban J connectivity index is 2.38. The molecule has 0 saturated heterocycles. The van der Waals surface area contributed by atoms with E-state index in [0.717, 1.165) is 25.4 Å². The van der Waals surface area contributed by atoms with Crippen LogP contribution in [-0.2, 0) is 9.53 Å². The van der Waals surface area contributed by atoms with Gasteiger partial charge in [-0.3, -0.25) is 4.90 Å². The third-order valence-electron chi connectivity index (χ3n) is 2.82. The van der Waals surface area contributed by atoms with Gasteiger partial charge in [0, 0.05) is 19.7 Å². The first-order valence-corrected chi connectivity index (χ1v) is 6.24. The molecule has 1 N–H and O–H groups in total. The summed E-state index contributed by atoms with van der Waals surface area (Å²) in [6.45, 7) is 6.93. The average molecular weight is 229 g/mol. The van der Waals surface area contributed by atoms with Crippen LogP contribution in [0.5, 0.6) is 0 Å². The van der Waals surface area contributed by atoms with Crippen LogP contribution < -0.4 is 0 Å². The number of ether oxygens (including phenoxy) is 1. The van der Waals surface area contributed by atoms with Crippen LogP contribution in [0, 0.1) is 5.92 Å². The summed E-state index contributed by atoms with van der Waals surface area (Å²) < 4.78 is 5.24. The number of hydrogen-bond donors (Lipinski definition) is 1. The van der Waals surface area contributed by atoms with E-state index in [0.29, 0.717) is 13.2 Å². The highest BCUT2D eigenvalue weighted by Crippen LogP contribution is 2.29. The SMILES string of the molecule is CCCN(CC1CC1)CC(OCC)C(=O)O. The number of hydrogen-bond acceptors (Lipinski definition) is 3. The number of carboxylic acids is 1. The summed E-state index contributed by atoms with van der Waals surface area (Å²) in [5, 5.41) is 9.02. The topological polar surface area (TPSA) is 49.8 Å². The van der Waals surface area contributed by atoms with Crippen LogP contribution in [0.4, 0.5) is 0 Å². The molecule has 94 valence electrons.